The first-order chi connectivity index (χ1) is 17.0. The van der Waals surface area contributed by atoms with Crippen molar-refractivity contribution < 1.29 is 18.4 Å². The second-order valence-electron chi connectivity index (χ2n) is 8.80. The number of carbonyl (C=O) groups excluding carboxylic acids is 2. The first-order valence-electron chi connectivity index (χ1n) is 11.5. The van der Waals surface area contributed by atoms with Gasteiger partial charge < -0.3 is 14.2 Å². The molecule has 3 heterocycles. The van der Waals surface area contributed by atoms with E-state index in [0.29, 0.717) is 34.2 Å². The Labute approximate surface area is 200 Å². The SMILES string of the molecule is CCCN1C(=O)c2oc3ccccc3c(=O)c2C12C(=O)N(Cc1ccccc1F)c1ccccc12. The van der Waals surface area contributed by atoms with Gasteiger partial charge in [0.25, 0.3) is 11.8 Å². The number of benzene rings is 3. The normalized spacial score (nSPS) is 18.6. The van der Waals surface area contributed by atoms with Gasteiger partial charge in [0.1, 0.15) is 11.4 Å². The van der Waals surface area contributed by atoms with Crippen LogP contribution in [0.15, 0.2) is 82.0 Å². The molecular weight excluding hydrogens is 447 g/mol. The Morgan fingerprint density at radius 1 is 0.914 bits per heavy atom. The summed E-state index contributed by atoms with van der Waals surface area (Å²) in [7, 11) is 0. The first-order valence-corrected chi connectivity index (χ1v) is 11.5. The van der Waals surface area contributed by atoms with Gasteiger partial charge in [-0.1, -0.05) is 55.5 Å². The maximum Gasteiger partial charge on any atom is 0.291 e. The molecule has 4 aromatic rings. The van der Waals surface area contributed by atoms with Crippen LogP contribution in [0.2, 0.25) is 0 Å². The molecule has 0 fully saturated rings. The van der Waals surface area contributed by atoms with Crippen LogP contribution >= 0.6 is 0 Å². The Kier molecular flexibility index (Phi) is 4.64. The maximum absolute atomic E-state index is 14.6. The standard InChI is InChI=1S/C28H21FN2O4/c1-2-15-31-26(33)25-23(24(32)18-10-4-8-14-22(18)35-25)28(31)19-11-5-7-13-21(19)30(27(28)34)16-17-9-3-6-12-20(17)29/h3-14H,2,15-16H2,1H3. The zero-order valence-corrected chi connectivity index (χ0v) is 19.0. The van der Waals surface area contributed by atoms with Crippen molar-refractivity contribution in [1.29, 1.82) is 0 Å². The van der Waals surface area contributed by atoms with Crippen LogP contribution in [0.25, 0.3) is 11.0 Å². The number of hydrogen-bond donors (Lipinski definition) is 0. The summed E-state index contributed by atoms with van der Waals surface area (Å²) in [4.78, 5) is 44.9. The van der Waals surface area contributed by atoms with E-state index in [1.165, 1.54) is 15.9 Å². The molecule has 2 amide bonds. The number of nitrogens with zero attached hydrogens (tertiary/aromatic N) is 2. The van der Waals surface area contributed by atoms with Crippen molar-refractivity contribution in [2.75, 3.05) is 11.4 Å². The Morgan fingerprint density at radius 3 is 2.43 bits per heavy atom. The Morgan fingerprint density at radius 2 is 1.63 bits per heavy atom. The quantitative estimate of drug-likeness (QED) is 0.439. The topological polar surface area (TPSA) is 70.8 Å². The van der Waals surface area contributed by atoms with E-state index in [4.69, 9.17) is 4.42 Å². The molecule has 3 aromatic carbocycles. The minimum atomic E-state index is -1.67. The highest BCUT2D eigenvalue weighted by molar-refractivity contribution is 6.17. The van der Waals surface area contributed by atoms with Gasteiger partial charge in [0.2, 0.25) is 5.76 Å². The molecule has 0 saturated heterocycles. The van der Waals surface area contributed by atoms with Crippen LogP contribution in [0.3, 0.4) is 0 Å². The molecule has 6 rings (SSSR count). The number of fused-ring (bicyclic) bond motifs is 5. The fourth-order valence-corrected chi connectivity index (χ4v) is 5.42. The number of carbonyl (C=O) groups is 2. The van der Waals surface area contributed by atoms with Crippen LogP contribution in [0.1, 0.15) is 40.6 Å². The highest BCUT2D eigenvalue weighted by Crippen LogP contribution is 2.52. The lowest BCUT2D eigenvalue weighted by atomic mass is 9.84. The van der Waals surface area contributed by atoms with E-state index < -0.39 is 28.6 Å². The number of amides is 2. The molecule has 2 aliphatic heterocycles. The van der Waals surface area contributed by atoms with Crippen LogP contribution in [0, 0.1) is 5.82 Å². The van der Waals surface area contributed by atoms with E-state index in [1.54, 1.807) is 66.7 Å². The highest BCUT2D eigenvalue weighted by Gasteiger charge is 2.64. The molecule has 0 aliphatic carbocycles. The molecule has 7 heteroatoms. The molecule has 1 spiro atoms. The van der Waals surface area contributed by atoms with E-state index in [2.05, 4.69) is 0 Å². The van der Waals surface area contributed by atoms with Crippen molar-refractivity contribution >= 4 is 28.5 Å². The van der Waals surface area contributed by atoms with Gasteiger partial charge in [-0.3, -0.25) is 14.4 Å². The molecule has 2 aliphatic rings. The largest absolute Gasteiger partial charge is 0.450 e. The molecule has 0 bridgehead atoms. The minimum absolute atomic E-state index is 0.0307. The third-order valence-corrected chi connectivity index (χ3v) is 6.88. The lowest BCUT2D eigenvalue weighted by Crippen LogP contribution is -2.53. The summed E-state index contributed by atoms with van der Waals surface area (Å²) in [5, 5.41) is 0.301. The summed E-state index contributed by atoms with van der Waals surface area (Å²) in [6.07, 6.45) is 0.567. The average molecular weight is 468 g/mol. The molecular formula is C28H21FN2O4. The van der Waals surface area contributed by atoms with Crippen LogP contribution < -0.4 is 10.3 Å². The van der Waals surface area contributed by atoms with Gasteiger partial charge in [0.15, 0.2) is 11.0 Å². The van der Waals surface area contributed by atoms with Crippen molar-refractivity contribution in [3.05, 3.63) is 111 Å². The van der Waals surface area contributed by atoms with Gasteiger partial charge in [-0.25, -0.2) is 4.39 Å². The highest BCUT2D eigenvalue weighted by atomic mass is 19.1. The van der Waals surface area contributed by atoms with E-state index in [-0.39, 0.29) is 24.4 Å². The molecule has 1 aromatic heterocycles. The maximum atomic E-state index is 14.6. The third-order valence-electron chi connectivity index (χ3n) is 6.88. The summed E-state index contributed by atoms with van der Waals surface area (Å²) in [6.45, 7) is 2.11. The summed E-state index contributed by atoms with van der Waals surface area (Å²) in [5.41, 5.74) is -0.369. The third kappa shape index (κ3) is 2.72. The number of hydrogen-bond acceptors (Lipinski definition) is 4. The Hall–Kier alpha value is -4.26. The van der Waals surface area contributed by atoms with Gasteiger partial charge in [0, 0.05) is 17.7 Å². The van der Waals surface area contributed by atoms with Crippen molar-refractivity contribution in [1.82, 2.24) is 4.90 Å². The average Bonchev–Trinajstić information content (AvgIpc) is 3.26. The predicted molar refractivity (Wildman–Crippen MR) is 129 cm³/mol. The van der Waals surface area contributed by atoms with Crippen LogP contribution in [-0.4, -0.2) is 23.3 Å². The smallest absolute Gasteiger partial charge is 0.291 e. The summed E-state index contributed by atoms with van der Waals surface area (Å²) < 4.78 is 20.6. The molecule has 0 saturated carbocycles. The van der Waals surface area contributed by atoms with E-state index >= 15 is 0 Å². The van der Waals surface area contributed by atoms with Gasteiger partial charge in [-0.2, -0.15) is 0 Å². The van der Waals surface area contributed by atoms with Crippen molar-refractivity contribution in [3.63, 3.8) is 0 Å². The molecule has 6 nitrogen and oxygen atoms in total. The summed E-state index contributed by atoms with van der Waals surface area (Å²) in [5.74, 6) is -1.51. The number of rotatable bonds is 4. The number of anilines is 1. The van der Waals surface area contributed by atoms with Gasteiger partial charge in [-0.15, -0.1) is 0 Å². The first kappa shape index (κ1) is 21.3. The predicted octanol–water partition coefficient (Wildman–Crippen LogP) is 4.59. The molecule has 174 valence electrons. The molecule has 1 atom stereocenters. The van der Waals surface area contributed by atoms with Crippen molar-refractivity contribution in [2.45, 2.75) is 25.4 Å². The Bertz CT molecular complexity index is 1590. The Balaban J connectivity index is 1.66. The second-order valence-corrected chi connectivity index (χ2v) is 8.80. The van der Waals surface area contributed by atoms with E-state index in [0.717, 1.165) is 0 Å². The van der Waals surface area contributed by atoms with Crippen LogP contribution in [0.5, 0.6) is 0 Å². The number of para-hydroxylation sites is 2. The van der Waals surface area contributed by atoms with E-state index in [1.807, 2.05) is 6.92 Å². The zero-order valence-electron chi connectivity index (χ0n) is 19.0. The van der Waals surface area contributed by atoms with Gasteiger partial charge >= 0.3 is 0 Å². The second kappa shape index (κ2) is 7.63. The van der Waals surface area contributed by atoms with Crippen LogP contribution in [0.4, 0.5) is 10.1 Å². The molecule has 0 radical (unpaired) electrons. The fourth-order valence-electron chi connectivity index (χ4n) is 5.42. The summed E-state index contributed by atoms with van der Waals surface area (Å²) in [6, 6.07) is 20.0. The lowest BCUT2D eigenvalue weighted by Gasteiger charge is -2.34. The van der Waals surface area contributed by atoms with E-state index in [9.17, 15) is 18.8 Å². The summed E-state index contributed by atoms with van der Waals surface area (Å²) >= 11 is 0. The molecule has 1 unspecified atom stereocenters. The van der Waals surface area contributed by atoms with Crippen molar-refractivity contribution in [3.8, 4) is 0 Å². The van der Waals surface area contributed by atoms with Gasteiger partial charge in [-0.05, 0) is 30.7 Å². The molecule has 35 heavy (non-hydrogen) atoms. The fraction of sp³-hybridized carbons (Fsp3) is 0.179. The van der Waals surface area contributed by atoms with Crippen molar-refractivity contribution in [2.24, 2.45) is 0 Å². The lowest BCUT2D eigenvalue weighted by molar-refractivity contribution is -0.126. The number of halogens is 1. The molecule has 0 N–H and O–H groups in total. The van der Waals surface area contributed by atoms with Gasteiger partial charge in [0.05, 0.1) is 23.2 Å². The minimum Gasteiger partial charge on any atom is -0.450 e. The van der Waals surface area contributed by atoms with Crippen LogP contribution in [-0.2, 0) is 16.9 Å². The monoisotopic (exact) mass is 468 g/mol. The zero-order chi connectivity index (χ0) is 24.3.